The smallest absolute Gasteiger partial charge is 0.317 e. The van der Waals surface area contributed by atoms with E-state index in [1.165, 1.54) is 0 Å². The molecule has 5 nitrogen and oxygen atoms in total. The summed E-state index contributed by atoms with van der Waals surface area (Å²) in [5.74, 6) is -0.00899. The summed E-state index contributed by atoms with van der Waals surface area (Å²) in [6.45, 7) is 2.09. The van der Waals surface area contributed by atoms with Crippen molar-refractivity contribution in [2.45, 2.75) is 51.1 Å². The number of amides is 2. The van der Waals surface area contributed by atoms with E-state index in [1.807, 2.05) is 13.3 Å². The predicted octanol–water partition coefficient (Wildman–Crippen LogP) is 2.41. The molecule has 0 radical (unpaired) electrons. The summed E-state index contributed by atoms with van der Waals surface area (Å²) in [5, 5.41) is 12.0. The first-order valence-electron chi connectivity index (χ1n) is 7.24. The number of hydrogen-bond donors (Lipinski definition) is 2. The molecule has 20 heavy (non-hydrogen) atoms. The fraction of sp³-hybridized carbons (Fsp3) is 0.857. The molecule has 116 valence electrons. The molecule has 0 heterocycles. The summed E-state index contributed by atoms with van der Waals surface area (Å²) < 4.78 is 0. The monoisotopic (exact) mass is 302 g/mol. The van der Waals surface area contributed by atoms with E-state index in [-0.39, 0.29) is 24.0 Å². The normalized spacial score (nSPS) is 23.9. The van der Waals surface area contributed by atoms with Gasteiger partial charge in [0.2, 0.25) is 0 Å². The topological polar surface area (TPSA) is 69.6 Å². The number of carbonyl (C=O) groups excluding carboxylic acids is 1. The van der Waals surface area contributed by atoms with Gasteiger partial charge in [-0.05, 0) is 38.4 Å². The lowest BCUT2D eigenvalue weighted by Gasteiger charge is -2.31. The maximum Gasteiger partial charge on any atom is 0.317 e. The number of thioether (sulfide) groups is 1. The third kappa shape index (κ3) is 4.89. The molecular formula is C14H26N2O3S. The molecule has 0 aromatic rings. The molecule has 1 atom stereocenters. The second kappa shape index (κ2) is 8.39. The van der Waals surface area contributed by atoms with Gasteiger partial charge in [0.05, 0.1) is 5.92 Å². The van der Waals surface area contributed by atoms with E-state index < -0.39 is 5.97 Å². The van der Waals surface area contributed by atoms with E-state index in [0.29, 0.717) is 12.8 Å². The lowest BCUT2D eigenvalue weighted by molar-refractivity contribution is -0.142. The van der Waals surface area contributed by atoms with Crippen LogP contribution < -0.4 is 5.32 Å². The largest absolute Gasteiger partial charge is 0.481 e. The first-order chi connectivity index (χ1) is 9.49. The molecule has 0 bridgehead atoms. The molecule has 1 fully saturated rings. The fourth-order valence-corrected chi connectivity index (χ4v) is 3.47. The summed E-state index contributed by atoms with van der Waals surface area (Å²) >= 11 is 1.74. The van der Waals surface area contributed by atoms with Crippen LogP contribution in [-0.4, -0.2) is 53.1 Å². The highest BCUT2D eigenvalue weighted by molar-refractivity contribution is 7.98. The minimum Gasteiger partial charge on any atom is -0.481 e. The third-order valence-electron chi connectivity index (χ3n) is 4.10. The van der Waals surface area contributed by atoms with Gasteiger partial charge in [0.25, 0.3) is 0 Å². The van der Waals surface area contributed by atoms with Crippen LogP contribution in [0.2, 0.25) is 0 Å². The average molecular weight is 302 g/mol. The van der Waals surface area contributed by atoms with E-state index in [4.69, 9.17) is 5.11 Å². The van der Waals surface area contributed by atoms with Gasteiger partial charge in [-0.3, -0.25) is 4.79 Å². The zero-order chi connectivity index (χ0) is 15.1. The van der Waals surface area contributed by atoms with Crippen LogP contribution in [0.3, 0.4) is 0 Å². The maximum absolute atomic E-state index is 12.2. The Morgan fingerprint density at radius 2 is 1.95 bits per heavy atom. The van der Waals surface area contributed by atoms with Gasteiger partial charge in [-0.25, -0.2) is 4.79 Å². The summed E-state index contributed by atoms with van der Waals surface area (Å²) in [7, 11) is 1.84. The van der Waals surface area contributed by atoms with Gasteiger partial charge in [0, 0.05) is 24.9 Å². The molecule has 2 N–H and O–H groups in total. The number of hydrogen-bond acceptors (Lipinski definition) is 3. The van der Waals surface area contributed by atoms with E-state index in [1.54, 1.807) is 16.7 Å². The van der Waals surface area contributed by atoms with Crippen molar-refractivity contribution in [1.82, 2.24) is 10.2 Å². The number of nitrogens with zero attached hydrogens (tertiary/aromatic N) is 1. The van der Waals surface area contributed by atoms with E-state index in [2.05, 4.69) is 12.2 Å². The van der Waals surface area contributed by atoms with Crippen LogP contribution in [0.4, 0.5) is 4.79 Å². The molecule has 1 aliphatic rings. The molecule has 0 spiro atoms. The molecule has 0 aromatic carbocycles. The number of aliphatic carboxylic acids is 1. The van der Waals surface area contributed by atoms with Crippen LogP contribution in [0.5, 0.6) is 0 Å². The van der Waals surface area contributed by atoms with Crippen molar-refractivity contribution in [3.63, 3.8) is 0 Å². The molecule has 0 aromatic heterocycles. The van der Waals surface area contributed by atoms with Gasteiger partial charge in [-0.15, -0.1) is 0 Å². The zero-order valence-corrected chi connectivity index (χ0v) is 13.4. The summed E-state index contributed by atoms with van der Waals surface area (Å²) in [6.07, 6.45) is 5.82. The highest BCUT2D eigenvalue weighted by Crippen LogP contribution is 2.24. The Bertz CT molecular complexity index is 330. The minimum atomic E-state index is -0.710. The van der Waals surface area contributed by atoms with Gasteiger partial charge in [0.15, 0.2) is 0 Å². The highest BCUT2D eigenvalue weighted by atomic mass is 32.2. The molecule has 1 rings (SSSR count). The zero-order valence-electron chi connectivity index (χ0n) is 12.6. The molecular weight excluding hydrogens is 276 g/mol. The van der Waals surface area contributed by atoms with Crippen LogP contribution in [0.25, 0.3) is 0 Å². The maximum atomic E-state index is 12.2. The van der Waals surface area contributed by atoms with Gasteiger partial charge < -0.3 is 15.3 Å². The van der Waals surface area contributed by atoms with E-state index in [0.717, 1.165) is 25.0 Å². The Kier molecular flexibility index (Phi) is 7.19. The molecule has 0 aliphatic heterocycles. The summed E-state index contributed by atoms with van der Waals surface area (Å²) in [5.41, 5.74) is 0. The van der Waals surface area contributed by atoms with Crippen molar-refractivity contribution >= 4 is 23.8 Å². The molecule has 6 heteroatoms. The SMILES string of the molecule is CCC(CSC)N(C)C(=O)NC1CCC(C(=O)O)CC1. The van der Waals surface area contributed by atoms with Crippen LogP contribution in [0, 0.1) is 5.92 Å². The van der Waals surface area contributed by atoms with Crippen molar-refractivity contribution in [3.8, 4) is 0 Å². The van der Waals surface area contributed by atoms with Crippen molar-refractivity contribution in [1.29, 1.82) is 0 Å². The first-order valence-corrected chi connectivity index (χ1v) is 8.64. The first kappa shape index (κ1) is 17.1. The van der Waals surface area contributed by atoms with Crippen molar-refractivity contribution in [3.05, 3.63) is 0 Å². The molecule has 2 amide bonds. The molecule has 1 unspecified atom stereocenters. The van der Waals surface area contributed by atoms with E-state index >= 15 is 0 Å². The van der Waals surface area contributed by atoms with Crippen molar-refractivity contribution < 1.29 is 14.7 Å². The minimum absolute atomic E-state index is 0.0373. The second-order valence-electron chi connectivity index (χ2n) is 5.46. The predicted molar refractivity (Wildman–Crippen MR) is 82.1 cm³/mol. The fourth-order valence-electron chi connectivity index (χ4n) is 2.62. The van der Waals surface area contributed by atoms with Crippen LogP contribution >= 0.6 is 11.8 Å². The lowest BCUT2D eigenvalue weighted by atomic mass is 9.86. The Labute approximate surface area is 125 Å². The quantitative estimate of drug-likeness (QED) is 0.790. The van der Waals surface area contributed by atoms with Crippen LogP contribution in [-0.2, 0) is 4.79 Å². The Balaban J connectivity index is 2.41. The number of carbonyl (C=O) groups is 2. The van der Waals surface area contributed by atoms with Crippen LogP contribution in [0.1, 0.15) is 39.0 Å². The van der Waals surface area contributed by atoms with Gasteiger partial charge in [-0.2, -0.15) is 11.8 Å². The molecule has 1 saturated carbocycles. The lowest BCUT2D eigenvalue weighted by Crippen LogP contribution is -2.49. The molecule has 1 aliphatic carbocycles. The summed E-state index contributed by atoms with van der Waals surface area (Å²) in [6, 6.07) is 0.331. The van der Waals surface area contributed by atoms with Gasteiger partial charge in [-0.1, -0.05) is 6.92 Å². The van der Waals surface area contributed by atoms with E-state index in [9.17, 15) is 9.59 Å². The Morgan fingerprint density at radius 1 is 1.35 bits per heavy atom. The number of nitrogens with one attached hydrogen (secondary N) is 1. The summed E-state index contributed by atoms with van der Waals surface area (Å²) in [4.78, 5) is 24.9. The third-order valence-corrected chi connectivity index (χ3v) is 4.82. The number of carboxylic acids is 1. The van der Waals surface area contributed by atoms with Crippen molar-refractivity contribution in [2.75, 3.05) is 19.1 Å². The number of urea groups is 1. The van der Waals surface area contributed by atoms with Crippen molar-refractivity contribution in [2.24, 2.45) is 5.92 Å². The van der Waals surface area contributed by atoms with Crippen LogP contribution in [0.15, 0.2) is 0 Å². The van der Waals surface area contributed by atoms with Gasteiger partial charge in [0.1, 0.15) is 0 Å². The number of carboxylic acid groups (broad SMARTS) is 1. The number of rotatable bonds is 6. The molecule has 0 saturated heterocycles. The Morgan fingerprint density at radius 3 is 2.40 bits per heavy atom. The highest BCUT2D eigenvalue weighted by Gasteiger charge is 2.28. The Hall–Kier alpha value is -0.910. The second-order valence-corrected chi connectivity index (χ2v) is 6.38. The standard InChI is InChI=1S/C14H26N2O3S/c1-4-12(9-20-3)16(2)14(19)15-11-7-5-10(6-8-11)13(17)18/h10-12H,4-9H2,1-3H3,(H,15,19)(H,17,18). The van der Waals surface area contributed by atoms with Gasteiger partial charge >= 0.3 is 12.0 Å². The average Bonchev–Trinajstić information content (AvgIpc) is 2.44.